The number of Topliss-reactive ketones (excluding diaryl/α,β-unsaturated/α-hetero) is 2. The summed E-state index contributed by atoms with van der Waals surface area (Å²) in [6, 6.07) is 2.21. The molecular formula is C21H24F2N6O7S2. The molecule has 0 saturated carbocycles. The van der Waals surface area contributed by atoms with Crippen molar-refractivity contribution in [3.63, 3.8) is 0 Å². The fourth-order valence-corrected chi connectivity index (χ4v) is 4.81. The van der Waals surface area contributed by atoms with Gasteiger partial charge in [-0.25, -0.2) is 13.2 Å². The molecule has 2 aromatic rings. The molecule has 17 heteroatoms. The number of ketones is 2. The molecule has 0 aliphatic carbocycles. The number of hydrogen-bond acceptors (Lipinski definition) is 13. The van der Waals surface area contributed by atoms with Gasteiger partial charge in [-0.15, -0.1) is 20.4 Å². The number of aliphatic hydroxyl groups excluding tert-OH is 1. The number of esters is 1. The normalized spacial score (nSPS) is 16.4. The fourth-order valence-electron chi connectivity index (χ4n) is 3.70. The number of anilines is 2. The van der Waals surface area contributed by atoms with Crippen LogP contribution in [0.2, 0.25) is 0 Å². The van der Waals surface area contributed by atoms with Gasteiger partial charge in [0.2, 0.25) is 5.01 Å². The average Bonchev–Trinajstić information content (AvgIpc) is 3.30. The largest absolute Gasteiger partial charge is 0.452 e. The molecular weight excluding hydrogens is 550 g/mol. The Morgan fingerprint density at radius 2 is 1.95 bits per heavy atom. The van der Waals surface area contributed by atoms with Crippen LogP contribution in [-0.2, 0) is 30.8 Å². The van der Waals surface area contributed by atoms with E-state index >= 15 is 0 Å². The van der Waals surface area contributed by atoms with Gasteiger partial charge < -0.3 is 14.7 Å². The lowest BCUT2D eigenvalue weighted by Crippen LogP contribution is -2.47. The van der Waals surface area contributed by atoms with E-state index in [2.05, 4.69) is 20.4 Å². The average molecular weight is 575 g/mol. The summed E-state index contributed by atoms with van der Waals surface area (Å²) < 4.78 is 56.8. The molecule has 3 rings (SSSR count). The lowest BCUT2D eigenvalue weighted by atomic mass is 9.92. The van der Waals surface area contributed by atoms with Gasteiger partial charge in [-0.2, -0.15) is 8.78 Å². The Labute approximate surface area is 220 Å². The molecule has 0 spiro atoms. The molecule has 2 atom stereocenters. The number of aliphatic hydroxyl groups is 1. The minimum absolute atomic E-state index is 0.0994. The third kappa shape index (κ3) is 7.11. The summed E-state index contributed by atoms with van der Waals surface area (Å²) in [7, 11) is -5.11. The highest BCUT2D eigenvalue weighted by Crippen LogP contribution is 2.40. The van der Waals surface area contributed by atoms with Crippen LogP contribution in [0.25, 0.3) is 0 Å². The standard InChI is InChI=1S/C21H24F2N6O7S2/c1-10(30)8-29-16(12(3)32)5-4-13-6-14(15(7-17(13)29)28-38(34,35)20(22)23)24-26-21-27-25-18(37-21)19(33)36-9-11(2)31/h6-7,12,16,20,28,32H,4-5,8-9H2,1-3H3/t12-,16?/m0/s1. The number of sulfonamides is 1. The second-order valence-electron chi connectivity index (χ2n) is 8.45. The first-order valence-corrected chi connectivity index (χ1v) is 13.5. The van der Waals surface area contributed by atoms with Crippen LogP contribution in [0.1, 0.15) is 42.6 Å². The van der Waals surface area contributed by atoms with E-state index in [9.17, 15) is 36.7 Å². The quantitative estimate of drug-likeness (QED) is 0.299. The summed E-state index contributed by atoms with van der Waals surface area (Å²) in [5.74, 6) is -5.25. The number of rotatable bonds is 11. The van der Waals surface area contributed by atoms with Gasteiger partial charge in [0.25, 0.3) is 15.2 Å². The third-order valence-corrected chi connectivity index (χ3v) is 7.05. The molecule has 0 fully saturated rings. The Kier molecular flexibility index (Phi) is 9.16. The van der Waals surface area contributed by atoms with E-state index in [0.29, 0.717) is 35.4 Å². The molecule has 1 aliphatic heterocycles. The number of alkyl halides is 2. The SMILES string of the molecule is CC(=O)COC(=O)c1nnc(N=Nc2cc3c(cc2NS(=O)(=O)C(F)F)N(CC(C)=O)C([C@H](C)O)CC3)s1. The number of aryl methyl sites for hydroxylation is 1. The van der Waals surface area contributed by atoms with Crippen molar-refractivity contribution >= 4 is 61.1 Å². The summed E-state index contributed by atoms with van der Waals surface area (Å²) in [4.78, 5) is 36.4. The van der Waals surface area contributed by atoms with Crippen LogP contribution >= 0.6 is 11.3 Å². The lowest BCUT2D eigenvalue weighted by molar-refractivity contribution is -0.120. The molecule has 0 radical (unpaired) electrons. The number of benzene rings is 1. The third-order valence-electron chi connectivity index (χ3n) is 5.29. The zero-order chi connectivity index (χ0) is 28.2. The maximum Gasteiger partial charge on any atom is 0.369 e. The Morgan fingerprint density at radius 3 is 2.55 bits per heavy atom. The zero-order valence-corrected chi connectivity index (χ0v) is 22.1. The highest BCUT2D eigenvalue weighted by atomic mass is 32.2. The monoisotopic (exact) mass is 574 g/mol. The van der Waals surface area contributed by atoms with E-state index in [1.165, 1.54) is 26.0 Å². The number of carbonyl (C=O) groups excluding carboxylic acids is 3. The van der Waals surface area contributed by atoms with Crippen LogP contribution in [0.4, 0.5) is 31.0 Å². The summed E-state index contributed by atoms with van der Waals surface area (Å²) in [6.07, 6.45) is 0.0322. The Bertz CT molecular complexity index is 1360. The molecule has 1 aliphatic rings. The van der Waals surface area contributed by atoms with E-state index in [0.717, 1.165) is 0 Å². The summed E-state index contributed by atoms with van der Waals surface area (Å²) in [6.45, 7) is 3.59. The lowest BCUT2D eigenvalue weighted by Gasteiger charge is -2.40. The van der Waals surface area contributed by atoms with Gasteiger partial charge in [0.05, 0.1) is 24.4 Å². The predicted molar refractivity (Wildman–Crippen MR) is 132 cm³/mol. The van der Waals surface area contributed by atoms with Crippen LogP contribution < -0.4 is 9.62 Å². The fraction of sp³-hybridized carbons (Fsp3) is 0.476. The van der Waals surface area contributed by atoms with Crippen molar-refractivity contribution in [1.82, 2.24) is 10.2 Å². The van der Waals surface area contributed by atoms with E-state index in [1.807, 2.05) is 0 Å². The summed E-state index contributed by atoms with van der Waals surface area (Å²) >= 11 is 0.675. The van der Waals surface area contributed by atoms with Gasteiger partial charge in [-0.1, -0.05) is 11.3 Å². The highest BCUT2D eigenvalue weighted by Gasteiger charge is 2.32. The zero-order valence-electron chi connectivity index (χ0n) is 20.4. The van der Waals surface area contributed by atoms with Crippen molar-refractivity contribution in [3.8, 4) is 0 Å². The minimum atomic E-state index is -5.11. The number of aromatic nitrogens is 2. The minimum Gasteiger partial charge on any atom is -0.452 e. The van der Waals surface area contributed by atoms with Gasteiger partial charge in [-0.3, -0.25) is 14.3 Å². The second-order valence-corrected chi connectivity index (χ2v) is 11.1. The Balaban J connectivity index is 2.01. The Hall–Kier alpha value is -3.44. The molecule has 13 nitrogen and oxygen atoms in total. The van der Waals surface area contributed by atoms with Gasteiger partial charge in [0.1, 0.15) is 18.1 Å². The number of ether oxygens (including phenoxy) is 1. The van der Waals surface area contributed by atoms with Crippen molar-refractivity contribution in [2.24, 2.45) is 10.2 Å². The van der Waals surface area contributed by atoms with Crippen LogP contribution in [0.5, 0.6) is 0 Å². The van der Waals surface area contributed by atoms with Crippen molar-refractivity contribution < 1.29 is 41.4 Å². The van der Waals surface area contributed by atoms with Crippen molar-refractivity contribution in [1.29, 1.82) is 0 Å². The number of hydrogen-bond donors (Lipinski definition) is 2. The molecule has 1 aromatic heterocycles. The van der Waals surface area contributed by atoms with Crippen LogP contribution in [0.15, 0.2) is 22.4 Å². The van der Waals surface area contributed by atoms with Gasteiger partial charge >= 0.3 is 11.7 Å². The van der Waals surface area contributed by atoms with Crippen LogP contribution in [0, 0.1) is 0 Å². The molecule has 1 aromatic carbocycles. The van der Waals surface area contributed by atoms with E-state index in [4.69, 9.17) is 4.74 Å². The first-order chi connectivity index (χ1) is 17.8. The van der Waals surface area contributed by atoms with E-state index in [-0.39, 0.29) is 39.6 Å². The predicted octanol–water partition coefficient (Wildman–Crippen LogP) is 2.75. The maximum atomic E-state index is 13.2. The molecule has 206 valence electrons. The molecule has 0 saturated heterocycles. The summed E-state index contributed by atoms with van der Waals surface area (Å²) in [5, 5.41) is 24.9. The van der Waals surface area contributed by atoms with Crippen molar-refractivity contribution in [2.45, 2.75) is 51.5 Å². The molecule has 0 amide bonds. The molecule has 2 N–H and O–H groups in total. The second kappa shape index (κ2) is 12.0. The number of fused-ring (bicyclic) bond motifs is 1. The van der Waals surface area contributed by atoms with Crippen LogP contribution in [-0.4, -0.2) is 72.3 Å². The number of azo groups is 1. The maximum absolute atomic E-state index is 13.2. The Morgan fingerprint density at radius 1 is 1.24 bits per heavy atom. The smallest absolute Gasteiger partial charge is 0.369 e. The first kappa shape index (κ1) is 29.1. The number of halogens is 2. The van der Waals surface area contributed by atoms with Gasteiger partial charge in [0.15, 0.2) is 5.78 Å². The van der Waals surface area contributed by atoms with Crippen molar-refractivity contribution in [2.75, 3.05) is 22.8 Å². The first-order valence-electron chi connectivity index (χ1n) is 11.1. The highest BCUT2D eigenvalue weighted by molar-refractivity contribution is 7.93. The van der Waals surface area contributed by atoms with Crippen LogP contribution in [0.3, 0.4) is 0 Å². The molecule has 0 bridgehead atoms. The molecule has 1 unspecified atom stereocenters. The van der Waals surface area contributed by atoms with E-state index in [1.54, 1.807) is 16.5 Å². The van der Waals surface area contributed by atoms with Crippen molar-refractivity contribution in [3.05, 3.63) is 22.7 Å². The number of nitrogens with one attached hydrogen (secondary N) is 1. The molecule has 2 heterocycles. The number of carbonyl (C=O) groups is 3. The molecule has 38 heavy (non-hydrogen) atoms. The van der Waals surface area contributed by atoms with E-state index < -0.39 is 40.5 Å². The number of nitrogens with zero attached hydrogens (tertiary/aromatic N) is 5. The van der Waals surface area contributed by atoms with Gasteiger partial charge in [0, 0.05) is 5.69 Å². The summed E-state index contributed by atoms with van der Waals surface area (Å²) in [5.41, 5.74) is 0.498. The van der Waals surface area contributed by atoms with Gasteiger partial charge in [-0.05, 0) is 51.3 Å². The topological polar surface area (TPSA) is 181 Å².